The summed E-state index contributed by atoms with van der Waals surface area (Å²) in [7, 11) is -3.03. The van der Waals surface area contributed by atoms with Crippen molar-refractivity contribution in [2.45, 2.75) is 13.3 Å². The molecule has 0 heterocycles. The van der Waals surface area contributed by atoms with E-state index in [-0.39, 0.29) is 30.4 Å². The van der Waals surface area contributed by atoms with Gasteiger partial charge in [0.05, 0.1) is 12.2 Å². The van der Waals surface area contributed by atoms with Crippen molar-refractivity contribution in [3.8, 4) is 0 Å². The van der Waals surface area contributed by atoms with Gasteiger partial charge in [0.1, 0.15) is 0 Å². The Bertz CT molecular complexity index is 514. The summed E-state index contributed by atoms with van der Waals surface area (Å²) >= 11 is 5.80. The minimum Gasteiger partial charge on any atom is -0.355 e. The van der Waals surface area contributed by atoms with Crippen LogP contribution in [0.3, 0.4) is 0 Å². The molecule has 1 aromatic rings. The zero-order chi connectivity index (χ0) is 13.6. The van der Waals surface area contributed by atoms with Crippen LogP contribution in [-0.4, -0.2) is 32.4 Å². The van der Waals surface area contributed by atoms with Gasteiger partial charge in [0.15, 0.2) is 9.84 Å². The molecule has 0 saturated heterocycles. The molecule has 18 heavy (non-hydrogen) atoms. The molecular weight excluding hydrogens is 274 g/mol. The second kappa shape index (κ2) is 6.75. The van der Waals surface area contributed by atoms with E-state index >= 15 is 0 Å². The van der Waals surface area contributed by atoms with Crippen LogP contribution < -0.4 is 5.32 Å². The van der Waals surface area contributed by atoms with E-state index in [1.807, 2.05) is 0 Å². The zero-order valence-electron chi connectivity index (χ0n) is 10.1. The van der Waals surface area contributed by atoms with E-state index in [9.17, 15) is 13.2 Å². The summed E-state index contributed by atoms with van der Waals surface area (Å²) < 4.78 is 22.4. The predicted molar refractivity (Wildman–Crippen MR) is 72.5 cm³/mol. The van der Waals surface area contributed by atoms with Crippen molar-refractivity contribution in [1.29, 1.82) is 0 Å². The lowest BCUT2D eigenvalue weighted by Gasteiger charge is -2.05. The molecule has 0 aliphatic rings. The molecular formula is C12H16ClNO3S. The quantitative estimate of drug-likeness (QED) is 0.862. The van der Waals surface area contributed by atoms with Crippen molar-refractivity contribution in [2.24, 2.45) is 0 Å². The third-order valence-electron chi connectivity index (χ3n) is 2.43. The number of sulfone groups is 1. The van der Waals surface area contributed by atoms with Crippen LogP contribution in [0.5, 0.6) is 0 Å². The molecule has 0 atom stereocenters. The number of carbonyl (C=O) groups excluding carboxylic acids is 1. The molecule has 0 bridgehead atoms. The fourth-order valence-electron chi connectivity index (χ4n) is 1.39. The highest BCUT2D eigenvalue weighted by Crippen LogP contribution is 2.10. The molecule has 1 aromatic carbocycles. The van der Waals surface area contributed by atoms with Crippen LogP contribution in [0.1, 0.15) is 12.5 Å². The Balaban J connectivity index is 2.39. The van der Waals surface area contributed by atoms with E-state index in [0.29, 0.717) is 5.02 Å². The molecule has 6 heteroatoms. The Morgan fingerprint density at radius 1 is 1.39 bits per heavy atom. The van der Waals surface area contributed by atoms with Gasteiger partial charge < -0.3 is 5.32 Å². The second-order valence-corrected chi connectivity index (χ2v) is 6.80. The summed E-state index contributed by atoms with van der Waals surface area (Å²) in [4.78, 5) is 11.5. The lowest BCUT2D eigenvalue weighted by molar-refractivity contribution is -0.120. The topological polar surface area (TPSA) is 63.2 Å². The first-order valence-corrected chi connectivity index (χ1v) is 7.84. The molecule has 0 spiro atoms. The van der Waals surface area contributed by atoms with Gasteiger partial charge in [-0.25, -0.2) is 8.42 Å². The molecule has 0 saturated carbocycles. The number of nitrogens with one attached hydrogen (secondary N) is 1. The molecule has 1 rings (SSSR count). The highest BCUT2D eigenvalue weighted by atomic mass is 35.5. The van der Waals surface area contributed by atoms with Crippen molar-refractivity contribution < 1.29 is 13.2 Å². The van der Waals surface area contributed by atoms with Crippen LogP contribution in [0.25, 0.3) is 0 Å². The summed E-state index contributed by atoms with van der Waals surface area (Å²) in [5, 5.41) is 3.16. The summed E-state index contributed by atoms with van der Waals surface area (Å²) in [6.45, 7) is 1.73. The first-order chi connectivity index (χ1) is 8.43. The van der Waals surface area contributed by atoms with Crippen molar-refractivity contribution in [1.82, 2.24) is 5.32 Å². The van der Waals surface area contributed by atoms with Crippen LogP contribution in [0, 0.1) is 0 Å². The molecule has 1 N–H and O–H groups in total. The normalized spacial score (nSPS) is 11.2. The van der Waals surface area contributed by atoms with E-state index in [1.54, 1.807) is 31.2 Å². The summed E-state index contributed by atoms with van der Waals surface area (Å²) in [6, 6.07) is 7.02. The molecule has 0 aliphatic carbocycles. The first-order valence-electron chi connectivity index (χ1n) is 5.64. The molecule has 0 unspecified atom stereocenters. The maximum Gasteiger partial charge on any atom is 0.224 e. The highest BCUT2D eigenvalue weighted by Gasteiger charge is 2.08. The minimum atomic E-state index is -3.03. The zero-order valence-corrected chi connectivity index (χ0v) is 11.7. The van der Waals surface area contributed by atoms with Crippen LogP contribution in [0.15, 0.2) is 24.3 Å². The number of hydrogen-bond acceptors (Lipinski definition) is 3. The van der Waals surface area contributed by atoms with Gasteiger partial charge in [0.25, 0.3) is 0 Å². The number of rotatable bonds is 6. The van der Waals surface area contributed by atoms with Gasteiger partial charge in [-0.3, -0.25) is 4.79 Å². The van der Waals surface area contributed by atoms with E-state index in [4.69, 9.17) is 11.6 Å². The lowest BCUT2D eigenvalue weighted by Crippen LogP contribution is -2.30. The number of carbonyl (C=O) groups is 1. The Hall–Kier alpha value is -1.07. The fourth-order valence-corrected chi connectivity index (χ4v) is 2.30. The number of benzene rings is 1. The molecule has 0 aliphatic heterocycles. The Labute approximate surface area is 112 Å². The standard InChI is InChI=1S/C12H16ClNO3S/c1-2-18(16,17)7-6-14-12(15)9-10-4-3-5-11(13)8-10/h3-5,8H,2,6-7,9H2,1H3,(H,14,15). The van der Waals surface area contributed by atoms with Gasteiger partial charge >= 0.3 is 0 Å². The predicted octanol–water partition coefficient (Wildman–Crippen LogP) is 1.43. The number of hydrogen-bond donors (Lipinski definition) is 1. The Kier molecular flexibility index (Phi) is 5.62. The van der Waals surface area contributed by atoms with Crippen molar-refractivity contribution in [2.75, 3.05) is 18.1 Å². The number of amides is 1. The van der Waals surface area contributed by atoms with Crippen molar-refractivity contribution >= 4 is 27.3 Å². The third-order valence-corrected chi connectivity index (χ3v) is 4.37. The van der Waals surface area contributed by atoms with Crippen LogP contribution in [0.4, 0.5) is 0 Å². The van der Waals surface area contributed by atoms with Crippen LogP contribution in [-0.2, 0) is 21.1 Å². The molecule has 0 radical (unpaired) electrons. The Morgan fingerprint density at radius 2 is 2.11 bits per heavy atom. The van der Waals surface area contributed by atoms with Gasteiger partial charge in [-0.2, -0.15) is 0 Å². The number of halogens is 1. The van der Waals surface area contributed by atoms with E-state index in [1.165, 1.54) is 0 Å². The van der Waals surface area contributed by atoms with Crippen LogP contribution in [0.2, 0.25) is 5.02 Å². The summed E-state index contributed by atoms with van der Waals surface area (Å²) in [5.74, 6) is -0.134. The van der Waals surface area contributed by atoms with Gasteiger partial charge in [-0.1, -0.05) is 30.7 Å². The fraction of sp³-hybridized carbons (Fsp3) is 0.417. The molecule has 0 aromatic heterocycles. The maximum absolute atomic E-state index is 11.5. The minimum absolute atomic E-state index is 0.0230. The van der Waals surface area contributed by atoms with E-state index in [2.05, 4.69) is 5.32 Å². The average Bonchev–Trinajstić information content (AvgIpc) is 2.28. The Morgan fingerprint density at radius 3 is 2.72 bits per heavy atom. The van der Waals surface area contributed by atoms with Crippen molar-refractivity contribution in [3.05, 3.63) is 34.9 Å². The van der Waals surface area contributed by atoms with E-state index < -0.39 is 9.84 Å². The van der Waals surface area contributed by atoms with Gasteiger partial charge in [0.2, 0.25) is 5.91 Å². The first kappa shape index (κ1) is 15.0. The maximum atomic E-state index is 11.5. The average molecular weight is 290 g/mol. The molecule has 100 valence electrons. The van der Waals surface area contributed by atoms with Crippen LogP contribution >= 0.6 is 11.6 Å². The highest BCUT2D eigenvalue weighted by molar-refractivity contribution is 7.91. The second-order valence-electron chi connectivity index (χ2n) is 3.89. The van der Waals surface area contributed by atoms with Gasteiger partial charge in [-0.05, 0) is 17.7 Å². The van der Waals surface area contributed by atoms with Gasteiger partial charge in [0, 0.05) is 17.3 Å². The summed E-state index contributed by atoms with van der Waals surface area (Å²) in [6.07, 6.45) is 0.201. The molecule has 1 amide bonds. The molecule has 4 nitrogen and oxygen atoms in total. The third kappa shape index (κ3) is 5.51. The molecule has 0 fully saturated rings. The lowest BCUT2D eigenvalue weighted by atomic mass is 10.1. The largest absolute Gasteiger partial charge is 0.355 e. The summed E-state index contributed by atoms with van der Waals surface area (Å²) in [5.41, 5.74) is 0.804. The van der Waals surface area contributed by atoms with Gasteiger partial charge in [-0.15, -0.1) is 0 Å². The van der Waals surface area contributed by atoms with Crippen molar-refractivity contribution in [3.63, 3.8) is 0 Å². The van der Waals surface area contributed by atoms with E-state index in [0.717, 1.165) is 5.56 Å². The SMILES string of the molecule is CCS(=O)(=O)CCNC(=O)Cc1cccc(Cl)c1. The smallest absolute Gasteiger partial charge is 0.224 e. The monoisotopic (exact) mass is 289 g/mol.